The predicted molar refractivity (Wildman–Crippen MR) is 51.3 cm³/mol. The smallest absolute Gasteiger partial charge is 0.320 e. The van der Waals surface area contributed by atoms with Crippen molar-refractivity contribution in [1.29, 1.82) is 0 Å². The van der Waals surface area contributed by atoms with Gasteiger partial charge in [-0.15, -0.1) is 0 Å². The lowest BCUT2D eigenvalue weighted by Crippen LogP contribution is -2.32. The summed E-state index contributed by atoms with van der Waals surface area (Å²) in [7, 11) is 0. The molecule has 0 aliphatic rings. The molecule has 12 heavy (non-hydrogen) atoms. The molecular formula is C7H8BrNO2S. The first-order valence-corrected chi connectivity index (χ1v) is 5.04. The normalized spacial score (nSPS) is 12.8. The average Bonchev–Trinajstić information content (AvgIpc) is 2.36. The summed E-state index contributed by atoms with van der Waals surface area (Å²) in [6.07, 6.45) is 0.374. The Balaban J connectivity index is 2.64. The SMILES string of the molecule is NC(Cc1cscc1Br)C(=O)O. The highest BCUT2D eigenvalue weighted by Crippen LogP contribution is 2.22. The molecule has 0 aliphatic carbocycles. The van der Waals surface area contributed by atoms with E-state index in [1.807, 2.05) is 10.8 Å². The molecular weight excluding hydrogens is 242 g/mol. The summed E-state index contributed by atoms with van der Waals surface area (Å²) in [5.74, 6) is -0.965. The molecule has 0 aliphatic heterocycles. The van der Waals surface area contributed by atoms with Gasteiger partial charge in [-0.1, -0.05) is 0 Å². The number of thiophene rings is 1. The van der Waals surface area contributed by atoms with Crippen molar-refractivity contribution in [3.05, 3.63) is 20.8 Å². The van der Waals surface area contributed by atoms with Crippen molar-refractivity contribution in [3.8, 4) is 0 Å². The molecule has 0 aromatic carbocycles. The Morgan fingerprint density at radius 1 is 1.75 bits per heavy atom. The summed E-state index contributed by atoms with van der Waals surface area (Å²) in [5, 5.41) is 12.3. The van der Waals surface area contributed by atoms with Crippen molar-refractivity contribution in [3.63, 3.8) is 0 Å². The van der Waals surface area contributed by atoms with Gasteiger partial charge in [-0.25, -0.2) is 0 Å². The zero-order valence-electron chi connectivity index (χ0n) is 6.16. The van der Waals surface area contributed by atoms with Gasteiger partial charge >= 0.3 is 5.97 Å². The number of rotatable bonds is 3. The highest BCUT2D eigenvalue weighted by atomic mass is 79.9. The van der Waals surface area contributed by atoms with E-state index in [4.69, 9.17) is 10.8 Å². The second-order valence-corrected chi connectivity index (χ2v) is 3.99. The summed E-state index contributed by atoms with van der Waals surface area (Å²) >= 11 is 4.83. The molecule has 0 radical (unpaired) electrons. The van der Waals surface area contributed by atoms with Crippen molar-refractivity contribution in [1.82, 2.24) is 0 Å². The van der Waals surface area contributed by atoms with Crippen LogP contribution in [-0.2, 0) is 11.2 Å². The van der Waals surface area contributed by atoms with Gasteiger partial charge in [0.05, 0.1) is 0 Å². The fourth-order valence-electron chi connectivity index (χ4n) is 0.778. The van der Waals surface area contributed by atoms with E-state index in [-0.39, 0.29) is 0 Å². The van der Waals surface area contributed by atoms with Crippen LogP contribution in [-0.4, -0.2) is 17.1 Å². The average molecular weight is 250 g/mol. The standard InChI is InChI=1S/C7H8BrNO2S/c8-5-3-12-2-4(5)1-6(9)7(10)11/h2-3,6H,1,9H2,(H,10,11). The molecule has 0 spiro atoms. The third-order valence-corrected chi connectivity index (χ3v) is 3.28. The molecule has 3 nitrogen and oxygen atoms in total. The number of hydrogen-bond donors (Lipinski definition) is 2. The maximum Gasteiger partial charge on any atom is 0.320 e. The molecule has 0 saturated heterocycles. The number of carboxylic acid groups (broad SMARTS) is 1. The van der Waals surface area contributed by atoms with E-state index in [1.54, 1.807) is 0 Å². The quantitative estimate of drug-likeness (QED) is 0.853. The Kier molecular flexibility index (Phi) is 3.25. The minimum atomic E-state index is -0.965. The number of nitrogens with two attached hydrogens (primary N) is 1. The van der Waals surface area contributed by atoms with Crippen LogP contribution in [0.3, 0.4) is 0 Å². The highest BCUT2D eigenvalue weighted by Gasteiger charge is 2.13. The largest absolute Gasteiger partial charge is 0.480 e. The second kappa shape index (κ2) is 4.02. The lowest BCUT2D eigenvalue weighted by molar-refractivity contribution is -0.138. The second-order valence-electron chi connectivity index (χ2n) is 2.39. The van der Waals surface area contributed by atoms with E-state index in [1.165, 1.54) is 11.3 Å². The molecule has 1 atom stereocenters. The number of carbonyl (C=O) groups is 1. The van der Waals surface area contributed by atoms with Gasteiger partial charge in [-0.3, -0.25) is 4.79 Å². The number of carboxylic acids is 1. The topological polar surface area (TPSA) is 63.3 Å². The van der Waals surface area contributed by atoms with Crippen LogP contribution in [0.4, 0.5) is 0 Å². The molecule has 3 N–H and O–H groups in total. The van der Waals surface area contributed by atoms with E-state index in [0.29, 0.717) is 6.42 Å². The maximum absolute atomic E-state index is 10.4. The lowest BCUT2D eigenvalue weighted by atomic mass is 10.1. The summed E-state index contributed by atoms with van der Waals surface area (Å²) in [6.45, 7) is 0. The Morgan fingerprint density at radius 2 is 2.42 bits per heavy atom. The molecule has 66 valence electrons. The fraction of sp³-hybridized carbons (Fsp3) is 0.286. The van der Waals surface area contributed by atoms with Gasteiger partial charge < -0.3 is 10.8 Å². The molecule has 1 rings (SSSR count). The number of aliphatic carboxylic acids is 1. The van der Waals surface area contributed by atoms with E-state index in [2.05, 4.69) is 15.9 Å². The lowest BCUT2D eigenvalue weighted by Gasteiger charge is -2.04. The third-order valence-electron chi connectivity index (χ3n) is 1.45. The van der Waals surface area contributed by atoms with Crippen LogP contribution in [0.5, 0.6) is 0 Å². The van der Waals surface area contributed by atoms with Crippen molar-refractivity contribution >= 4 is 33.2 Å². The van der Waals surface area contributed by atoms with E-state index < -0.39 is 12.0 Å². The predicted octanol–water partition coefficient (Wildman–Crippen LogP) is 1.47. The summed E-state index contributed by atoms with van der Waals surface area (Å²) in [5.41, 5.74) is 6.31. The van der Waals surface area contributed by atoms with Crippen molar-refractivity contribution in [2.24, 2.45) is 5.73 Å². The highest BCUT2D eigenvalue weighted by molar-refractivity contribution is 9.10. The van der Waals surface area contributed by atoms with Crippen LogP contribution in [0, 0.1) is 0 Å². The molecule has 1 aromatic rings. The summed E-state index contributed by atoms with van der Waals surface area (Å²) in [6, 6.07) is -0.809. The van der Waals surface area contributed by atoms with Crippen LogP contribution in [0.1, 0.15) is 5.56 Å². The van der Waals surface area contributed by atoms with Gasteiger partial charge in [-0.2, -0.15) is 11.3 Å². The molecule has 0 bridgehead atoms. The number of hydrogen-bond acceptors (Lipinski definition) is 3. The Labute approximate surface area is 82.3 Å². The summed E-state index contributed by atoms with van der Waals surface area (Å²) < 4.78 is 0.934. The van der Waals surface area contributed by atoms with Gasteiger partial charge in [0.1, 0.15) is 6.04 Å². The van der Waals surface area contributed by atoms with Gasteiger partial charge in [0, 0.05) is 16.3 Å². The van der Waals surface area contributed by atoms with Crippen LogP contribution in [0.25, 0.3) is 0 Å². The molecule has 1 aromatic heterocycles. The van der Waals surface area contributed by atoms with Crippen LogP contribution >= 0.6 is 27.3 Å². The molecule has 5 heteroatoms. The minimum Gasteiger partial charge on any atom is -0.480 e. The van der Waals surface area contributed by atoms with E-state index in [9.17, 15) is 4.79 Å². The zero-order chi connectivity index (χ0) is 9.14. The first-order valence-electron chi connectivity index (χ1n) is 3.30. The van der Waals surface area contributed by atoms with E-state index >= 15 is 0 Å². The molecule has 1 unspecified atom stereocenters. The Hall–Kier alpha value is -0.390. The monoisotopic (exact) mass is 249 g/mol. The van der Waals surface area contributed by atoms with Gasteiger partial charge in [0.2, 0.25) is 0 Å². The zero-order valence-corrected chi connectivity index (χ0v) is 8.56. The maximum atomic E-state index is 10.4. The van der Waals surface area contributed by atoms with Gasteiger partial charge in [0.15, 0.2) is 0 Å². The fourth-order valence-corrected chi connectivity index (χ4v) is 2.26. The molecule has 0 fully saturated rings. The Bertz CT molecular complexity index is 287. The third kappa shape index (κ3) is 2.30. The molecule has 0 saturated carbocycles. The first-order chi connectivity index (χ1) is 5.61. The first kappa shape index (κ1) is 9.70. The Morgan fingerprint density at radius 3 is 2.83 bits per heavy atom. The minimum absolute atomic E-state index is 0.374. The van der Waals surface area contributed by atoms with Crippen LogP contribution in [0.2, 0.25) is 0 Å². The van der Waals surface area contributed by atoms with Gasteiger partial charge in [0.25, 0.3) is 0 Å². The van der Waals surface area contributed by atoms with Crippen LogP contribution in [0.15, 0.2) is 15.2 Å². The number of halogens is 1. The van der Waals surface area contributed by atoms with Crippen molar-refractivity contribution in [2.75, 3.05) is 0 Å². The van der Waals surface area contributed by atoms with Crippen molar-refractivity contribution < 1.29 is 9.90 Å². The summed E-state index contributed by atoms with van der Waals surface area (Å²) in [4.78, 5) is 10.4. The molecule has 1 heterocycles. The van der Waals surface area contributed by atoms with E-state index in [0.717, 1.165) is 10.0 Å². The van der Waals surface area contributed by atoms with Gasteiger partial charge in [-0.05, 0) is 26.9 Å². The van der Waals surface area contributed by atoms with Crippen molar-refractivity contribution in [2.45, 2.75) is 12.5 Å². The molecule has 0 amide bonds. The van der Waals surface area contributed by atoms with Crippen LogP contribution < -0.4 is 5.73 Å².